The predicted octanol–water partition coefficient (Wildman–Crippen LogP) is 8.39. The van der Waals surface area contributed by atoms with E-state index in [4.69, 9.17) is 18.9 Å². The zero-order valence-electron chi connectivity index (χ0n) is 24.8. The number of rotatable bonds is 18. The molecule has 0 radical (unpaired) electrons. The van der Waals surface area contributed by atoms with E-state index in [2.05, 4.69) is 19.9 Å². The van der Waals surface area contributed by atoms with Crippen LogP contribution in [0.4, 0.5) is 0 Å². The Balaban J connectivity index is 1.77. The third-order valence-corrected chi connectivity index (χ3v) is 7.06. The second-order valence-electron chi connectivity index (χ2n) is 10.6. The third-order valence-electron chi connectivity index (χ3n) is 7.06. The van der Waals surface area contributed by atoms with Crippen molar-refractivity contribution in [2.24, 2.45) is 0 Å². The van der Waals surface area contributed by atoms with Gasteiger partial charge in [-0.1, -0.05) is 101 Å². The quantitative estimate of drug-likeness (QED) is 0.0900. The van der Waals surface area contributed by atoms with Gasteiger partial charge in [0, 0.05) is 21.5 Å². The van der Waals surface area contributed by atoms with Crippen LogP contribution in [0.25, 0.3) is 21.5 Å². The van der Waals surface area contributed by atoms with E-state index in [1.54, 1.807) is 0 Å². The highest BCUT2D eigenvalue weighted by Gasteiger charge is 2.20. The molecule has 0 aliphatic heterocycles. The summed E-state index contributed by atoms with van der Waals surface area (Å²) in [5.74, 6) is 0.467. The second-order valence-corrected chi connectivity index (χ2v) is 10.6. The summed E-state index contributed by atoms with van der Waals surface area (Å²) in [5.41, 5.74) is 2.06. The Morgan fingerprint density at radius 1 is 0.625 bits per heavy atom. The first kappa shape index (κ1) is 31.3. The van der Waals surface area contributed by atoms with Crippen LogP contribution in [0.3, 0.4) is 0 Å². The van der Waals surface area contributed by atoms with E-state index < -0.39 is 0 Å². The molecule has 3 rings (SSSR count). The highest BCUT2D eigenvalue weighted by atomic mass is 16.6. The molecule has 0 amide bonds. The van der Waals surface area contributed by atoms with Crippen LogP contribution in [-0.2, 0) is 19.1 Å². The number of hydrogen-bond donors (Lipinski definition) is 0. The topological polar surface area (TPSA) is 71.1 Å². The molecule has 0 saturated carbocycles. The standard InChI is InChI=1S/C34H46O6/c1-5-7-9-11-15-19-37-30(35)23-39-33-27-17-13-14-18-28(27)34(32-26(4)21-25(3)22-29(32)33)40-24-31(36)38-20-16-12-10-8-6-2/h13-14,17-18,21-22H,5-12,15-16,19-20,23-24H2,1-4H3. The van der Waals surface area contributed by atoms with Gasteiger partial charge in [0.2, 0.25) is 0 Å². The van der Waals surface area contributed by atoms with Gasteiger partial charge in [-0.15, -0.1) is 0 Å². The molecule has 6 nitrogen and oxygen atoms in total. The number of carbonyl (C=O) groups is 2. The Bertz CT molecular complexity index is 1250. The molecule has 0 saturated heterocycles. The maximum absolute atomic E-state index is 12.5. The summed E-state index contributed by atoms with van der Waals surface area (Å²) in [6.45, 7) is 8.87. The van der Waals surface area contributed by atoms with Gasteiger partial charge in [-0.2, -0.15) is 0 Å². The van der Waals surface area contributed by atoms with Gasteiger partial charge in [0.15, 0.2) is 13.2 Å². The van der Waals surface area contributed by atoms with Crippen molar-refractivity contribution in [2.75, 3.05) is 26.4 Å². The minimum atomic E-state index is -0.380. The fourth-order valence-corrected chi connectivity index (χ4v) is 5.04. The Morgan fingerprint density at radius 2 is 1.12 bits per heavy atom. The molecule has 6 heteroatoms. The van der Waals surface area contributed by atoms with Crippen LogP contribution in [0.1, 0.15) is 89.2 Å². The fourth-order valence-electron chi connectivity index (χ4n) is 5.04. The normalized spacial score (nSPS) is 11.1. The van der Waals surface area contributed by atoms with E-state index in [1.165, 1.54) is 25.7 Å². The molecular formula is C34H46O6. The molecule has 0 atom stereocenters. The van der Waals surface area contributed by atoms with Gasteiger partial charge in [0.05, 0.1) is 13.2 Å². The molecule has 0 fully saturated rings. The monoisotopic (exact) mass is 550 g/mol. The molecule has 0 N–H and O–H groups in total. The molecule has 0 heterocycles. The van der Waals surface area contributed by atoms with Crippen LogP contribution >= 0.6 is 0 Å². The molecule has 40 heavy (non-hydrogen) atoms. The summed E-state index contributed by atoms with van der Waals surface area (Å²) in [6.07, 6.45) is 10.9. The van der Waals surface area contributed by atoms with Crippen LogP contribution in [0, 0.1) is 13.8 Å². The number of ether oxygens (including phenoxy) is 4. The van der Waals surface area contributed by atoms with Crippen molar-refractivity contribution in [3.63, 3.8) is 0 Å². The van der Waals surface area contributed by atoms with Gasteiger partial charge >= 0.3 is 11.9 Å². The highest BCUT2D eigenvalue weighted by molar-refractivity contribution is 6.12. The zero-order chi connectivity index (χ0) is 28.7. The van der Waals surface area contributed by atoms with E-state index >= 15 is 0 Å². The third kappa shape index (κ3) is 9.14. The van der Waals surface area contributed by atoms with E-state index in [0.29, 0.717) is 24.7 Å². The Kier molecular flexibility index (Phi) is 13.1. The van der Waals surface area contributed by atoms with E-state index in [1.807, 2.05) is 44.2 Å². The molecule has 0 aromatic heterocycles. The molecule has 218 valence electrons. The smallest absolute Gasteiger partial charge is 0.344 e. The average Bonchev–Trinajstić information content (AvgIpc) is 2.94. The van der Waals surface area contributed by atoms with Crippen LogP contribution in [0.5, 0.6) is 11.5 Å². The molecule has 0 aliphatic rings. The largest absolute Gasteiger partial charge is 0.481 e. The van der Waals surface area contributed by atoms with Crippen molar-refractivity contribution in [1.82, 2.24) is 0 Å². The first-order valence-corrected chi connectivity index (χ1v) is 15.0. The molecule has 0 spiro atoms. The van der Waals surface area contributed by atoms with Crippen molar-refractivity contribution in [1.29, 1.82) is 0 Å². The van der Waals surface area contributed by atoms with E-state index in [9.17, 15) is 9.59 Å². The number of benzene rings is 3. The zero-order valence-corrected chi connectivity index (χ0v) is 24.8. The first-order valence-electron chi connectivity index (χ1n) is 15.0. The Labute approximate surface area is 239 Å². The maximum atomic E-state index is 12.5. The van der Waals surface area contributed by atoms with Gasteiger partial charge in [-0.25, -0.2) is 9.59 Å². The molecular weight excluding hydrogens is 504 g/mol. The number of fused-ring (bicyclic) bond motifs is 2. The van der Waals surface area contributed by atoms with Crippen molar-refractivity contribution < 1.29 is 28.5 Å². The number of carbonyl (C=O) groups excluding carboxylic acids is 2. The minimum absolute atomic E-state index is 0.174. The molecule has 3 aromatic carbocycles. The van der Waals surface area contributed by atoms with Gasteiger partial charge < -0.3 is 18.9 Å². The summed E-state index contributed by atoms with van der Waals surface area (Å²) >= 11 is 0. The van der Waals surface area contributed by atoms with Gasteiger partial charge in [-0.3, -0.25) is 0 Å². The molecule has 0 aliphatic carbocycles. The van der Waals surface area contributed by atoms with Gasteiger partial charge in [0.25, 0.3) is 0 Å². The lowest BCUT2D eigenvalue weighted by molar-refractivity contribution is -0.147. The number of esters is 2. The summed E-state index contributed by atoms with van der Waals surface area (Å²) in [5, 5.41) is 3.32. The van der Waals surface area contributed by atoms with E-state index in [-0.39, 0.29) is 25.2 Å². The molecule has 0 bridgehead atoms. The van der Waals surface area contributed by atoms with Crippen LogP contribution in [-0.4, -0.2) is 38.4 Å². The van der Waals surface area contributed by atoms with Crippen LogP contribution in [0.15, 0.2) is 36.4 Å². The highest BCUT2D eigenvalue weighted by Crippen LogP contribution is 2.44. The number of hydrogen-bond acceptors (Lipinski definition) is 6. The second kappa shape index (κ2) is 16.7. The van der Waals surface area contributed by atoms with Crippen LogP contribution < -0.4 is 9.47 Å². The Hall–Kier alpha value is -3.28. The van der Waals surface area contributed by atoms with Crippen molar-refractivity contribution in [3.8, 4) is 11.5 Å². The summed E-state index contributed by atoms with van der Waals surface area (Å²) in [7, 11) is 0. The lowest BCUT2D eigenvalue weighted by Crippen LogP contribution is -2.17. The SMILES string of the molecule is CCCCCCCOC(=O)COc1c2ccccc2c(OCC(=O)OCCCCCCC)c2c(C)cc(C)cc12. The lowest BCUT2D eigenvalue weighted by atomic mass is 9.95. The Morgan fingerprint density at radius 3 is 1.68 bits per heavy atom. The summed E-state index contributed by atoms with van der Waals surface area (Å²) < 4.78 is 23.2. The van der Waals surface area contributed by atoms with Crippen molar-refractivity contribution in [2.45, 2.75) is 91.9 Å². The number of unbranched alkanes of at least 4 members (excludes halogenated alkanes) is 8. The lowest BCUT2D eigenvalue weighted by Gasteiger charge is -2.19. The fraction of sp³-hybridized carbons (Fsp3) is 0.529. The van der Waals surface area contributed by atoms with Crippen molar-refractivity contribution >= 4 is 33.5 Å². The predicted molar refractivity (Wildman–Crippen MR) is 161 cm³/mol. The average molecular weight is 551 g/mol. The van der Waals surface area contributed by atoms with E-state index in [0.717, 1.165) is 71.2 Å². The van der Waals surface area contributed by atoms with Gasteiger partial charge in [-0.05, 0) is 38.3 Å². The van der Waals surface area contributed by atoms with Crippen molar-refractivity contribution in [3.05, 3.63) is 47.5 Å². The molecule has 0 unspecified atom stereocenters. The minimum Gasteiger partial charge on any atom is -0.481 e. The molecule has 3 aromatic rings. The summed E-state index contributed by atoms with van der Waals surface area (Å²) in [4.78, 5) is 25.0. The summed E-state index contributed by atoms with van der Waals surface area (Å²) in [6, 6.07) is 11.9. The van der Waals surface area contributed by atoms with Crippen LogP contribution in [0.2, 0.25) is 0 Å². The first-order chi connectivity index (χ1) is 19.5. The maximum Gasteiger partial charge on any atom is 0.344 e. The number of aryl methyl sites for hydroxylation is 2. The van der Waals surface area contributed by atoms with Gasteiger partial charge in [0.1, 0.15) is 11.5 Å².